The van der Waals surface area contributed by atoms with Crippen LogP contribution in [-0.4, -0.2) is 19.6 Å². The van der Waals surface area contributed by atoms with Crippen molar-refractivity contribution < 1.29 is 4.42 Å². The largest absolute Gasteiger partial charge is 0.456 e. The monoisotopic (exact) mass is 567 g/mol. The summed E-state index contributed by atoms with van der Waals surface area (Å²) in [7, 11) is 0. The minimum Gasteiger partial charge on any atom is -0.456 e. The third-order valence-corrected chi connectivity index (χ3v) is 10.8. The van der Waals surface area contributed by atoms with Crippen LogP contribution in [0.15, 0.2) is 125 Å². The molecule has 11 rings (SSSR count). The first-order valence-electron chi connectivity index (χ1n) is 14.7. The highest BCUT2D eigenvalue weighted by molar-refractivity contribution is 8.00. The van der Waals surface area contributed by atoms with Crippen LogP contribution in [0.3, 0.4) is 0 Å². The third kappa shape index (κ3) is 2.83. The summed E-state index contributed by atoms with van der Waals surface area (Å²) < 4.78 is 8.50. The van der Waals surface area contributed by atoms with Crippen LogP contribution in [-0.2, 0) is 0 Å². The molecule has 0 spiro atoms. The molecule has 5 aromatic carbocycles. The number of fused-ring (bicyclic) bond motifs is 14. The predicted octanol–water partition coefficient (Wildman–Crippen LogP) is 10.0. The molecular formula is C38H21N3OS. The topological polar surface area (TPSA) is 43.3 Å². The van der Waals surface area contributed by atoms with E-state index in [1.54, 1.807) is 0 Å². The highest BCUT2D eigenvalue weighted by Gasteiger charge is 2.36. The molecule has 0 saturated carbocycles. The van der Waals surface area contributed by atoms with Gasteiger partial charge in [-0.15, -0.1) is 11.8 Å². The molecule has 0 amide bonds. The van der Waals surface area contributed by atoms with Gasteiger partial charge in [-0.2, -0.15) is 0 Å². The minimum absolute atomic E-state index is 0.346. The van der Waals surface area contributed by atoms with Crippen molar-refractivity contribution in [3.8, 4) is 11.1 Å². The summed E-state index contributed by atoms with van der Waals surface area (Å²) in [6.45, 7) is 0. The van der Waals surface area contributed by atoms with Crippen LogP contribution in [0.25, 0.3) is 82.5 Å². The SMILES string of the molecule is C1=CC2Sc3cc4c5nc6ccccc6nc5n5c6ccc(-c7ccc8oc9ccccc9c8c7)cc6c(c3C2C=C1)c45. The number of allylic oxidation sites excluding steroid dienone is 3. The van der Waals surface area contributed by atoms with Gasteiger partial charge in [0.05, 0.1) is 22.1 Å². The van der Waals surface area contributed by atoms with Gasteiger partial charge in [-0.3, -0.25) is 4.40 Å². The average molecular weight is 568 g/mol. The van der Waals surface area contributed by atoms with Crippen LogP contribution in [0, 0.1) is 0 Å². The van der Waals surface area contributed by atoms with E-state index in [9.17, 15) is 0 Å². The molecule has 43 heavy (non-hydrogen) atoms. The van der Waals surface area contributed by atoms with Gasteiger partial charge in [0.15, 0.2) is 5.65 Å². The van der Waals surface area contributed by atoms with Gasteiger partial charge in [-0.05, 0) is 65.2 Å². The zero-order valence-electron chi connectivity index (χ0n) is 22.8. The Morgan fingerprint density at radius 3 is 2.37 bits per heavy atom. The molecule has 4 nitrogen and oxygen atoms in total. The van der Waals surface area contributed by atoms with Crippen LogP contribution < -0.4 is 0 Å². The van der Waals surface area contributed by atoms with E-state index in [0.29, 0.717) is 11.2 Å². The van der Waals surface area contributed by atoms with Gasteiger partial charge in [-0.1, -0.05) is 66.8 Å². The summed E-state index contributed by atoms with van der Waals surface area (Å²) in [4.78, 5) is 11.7. The van der Waals surface area contributed by atoms with Crippen LogP contribution in [0.5, 0.6) is 0 Å². The highest BCUT2D eigenvalue weighted by atomic mass is 32.2. The number of hydrogen-bond acceptors (Lipinski definition) is 4. The molecule has 2 atom stereocenters. The zero-order chi connectivity index (χ0) is 27.8. The summed E-state index contributed by atoms with van der Waals surface area (Å²) >= 11 is 1.98. The number of aromatic nitrogens is 3. The van der Waals surface area contributed by atoms with Crippen LogP contribution in [0.4, 0.5) is 0 Å². The summed E-state index contributed by atoms with van der Waals surface area (Å²) in [6.07, 6.45) is 9.12. The Bertz CT molecular complexity index is 2730. The number of thioether (sulfide) groups is 1. The number of para-hydroxylation sites is 3. The van der Waals surface area contributed by atoms with Crippen LogP contribution in [0.2, 0.25) is 0 Å². The van der Waals surface area contributed by atoms with Gasteiger partial charge >= 0.3 is 0 Å². The first-order valence-corrected chi connectivity index (χ1v) is 15.5. The van der Waals surface area contributed by atoms with Gasteiger partial charge in [0.25, 0.3) is 0 Å². The first kappa shape index (κ1) is 22.5. The maximum Gasteiger partial charge on any atom is 0.165 e. The Kier molecular flexibility index (Phi) is 4.09. The van der Waals surface area contributed by atoms with Crippen molar-refractivity contribution in [1.82, 2.24) is 14.4 Å². The summed E-state index contributed by atoms with van der Waals surface area (Å²) in [5.74, 6) is 0.346. The van der Waals surface area contributed by atoms with Crippen molar-refractivity contribution >= 4 is 83.1 Å². The number of benzene rings is 5. The quantitative estimate of drug-likeness (QED) is 0.198. The van der Waals surface area contributed by atoms with E-state index < -0.39 is 0 Å². The lowest BCUT2D eigenvalue weighted by Crippen LogP contribution is -2.06. The molecule has 0 fully saturated rings. The molecule has 0 N–H and O–H groups in total. The Morgan fingerprint density at radius 1 is 0.674 bits per heavy atom. The summed E-state index contributed by atoms with van der Waals surface area (Å²) in [6, 6.07) is 32.3. The van der Waals surface area contributed by atoms with Gasteiger partial charge in [0, 0.05) is 43.0 Å². The van der Waals surface area contributed by atoms with E-state index >= 15 is 0 Å². The molecule has 4 aromatic heterocycles. The van der Waals surface area contributed by atoms with Crippen molar-refractivity contribution in [2.45, 2.75) is 16.1 Å². The van der Waals surface area contributed by atoms with E-state index in [-0.39, 0.29) is 0 Å². The lowest BCUT2D eigenvalue weighted by atomic mass is 9.88. The second-order valence-corrected chi connectivity index (χ2v) is 12.9. The lowest BCUT2D eigenvalue weighted by molar-refractivity contribution is 0.669. The Labute approximate surface area is 249 Å². The third-order valence-electron chi connectivity index (χ3n) is 9.44. The van der Waals surface area contributed by atoms with E-state index in [4.69, 9.17) is 14.4 Å². The molecule has 0 bridgehead atoms. The molecule has 1 aliphatic heterocycles. The fourth-order valence-corrected chi connectivity index (χ4v) is 8.95. The number of rotatable bonds is 1. The maximum absolute atomic E-state index is 6.13. The van der Waals surface area contributed by atoms with Crippen molar-refractivity contribution in [1.29, 1.82) is 0 Å². The van der Waals surface area contributed by atoms with E-state index in [1.807, 2.05) is 36.0 Å². The van der Waals surface area contributed by atoms with Gasteiger partial charge in [-0.25, -0.2) is 9.97 Å². The fourth-order valence-electron chi connectivity index (χ4n) is 7.57. The van der Waals surface area contributed by atoms with Crippen LogP contribution in [0.1, 0.15) is 11.5 Å². The molecule has 5 heteroatoms. The van der Waals surface area contributed by atoms with Crippen molar-refractivity contribution in [2.24, 2.45) is 0 Å². The van der Waals surface area contributed by atoms with Crippen molar-refractivity contribution in [3.05, 3.63) is 121 Å². The molecule has 2 unspecified atom stereocenters. The molecule has 0 radical (unpaired) electrons. The van der Waals surface area contributed by atoms with E-state index in [1.165, 1.54) is 48.8 Å². The van der Waals surface area contributed by atoms with Gasteiger partial charge < -0.3 is 4.42 Å². The molecule has 200 valence electrons. The standard InChI is InChI=1S/C38H21N3OS/c1-5-11-30-22(7-1)24-17-21(14-16-31(24)42-30)20-13-15-29-25(18-20)35-34-23-8-2-6-12-32(23)43-33(34)19-26-36-38(41(29)37(26)35)40-28-10-4-3-9-27(28)39-36/h1-19,23,32H. The minimum atomic E-state index is 0.346. The predicted molar refractivity (Wildman–Crippen MR) is 178 cm³/mol. The number of hydrogen-bond donors (Lipinski definition) is 0. The number of furan rings is 1. The Hall–Kier alpha value is -5.13. The van der Waals surface area contributed by atoms with Gasteiger partial charge in [0.2, 0.25) is 0 Å². The van der Waals surface area contributed by atoms with E-state index in [2.05, 4.69) is 95.4 Å². The summed E-state index contributed by atoms with van der Waals surface area (Å²) in [5.41, 5.74) is 11.8. The highest BCUT2D eigenvalue weighted by Crippen LogP contribution is 2.55. The maximum atomic E-state index is 6.13. The molecular weight excluding hydrogens is 547 g/mol. The normalized spacial score (nSPS) is 18.0. The Morgan fingerprint density at radius 2 is 1.44 bits per heavy atom. The first-order chi connectivity index (χ1) is 21.3. The second kappa shape index (κ2) is 7.82. The van der Waals surface area contributed by atoms with Gasteiger partial charge in [0.1, 0.15) is 16.7 Å². The van der Waals surface area contributed by atoms with Crippen molar-refractivity contribution in [3.63, 3.8) is 0 Å². The molecule has 2 aliphatic rings. The molecule has 1 aliphatic carbocycles. The fraction of sp³-hybridized carbons (Fsp3) is 0.0526. The lowest BCUT2D eigenvalue weighted by Gasteiger charge is -2.15. The molecule has 9 aromatic rings. The molecule has 0 saturated heterocycles. The number of nitrogens with zero attached hydrogens (tertiary/aromatic N) is 3. The van der Waals surface area contributed by atoms with Crippen molar-refractivity contribution in [2.75, 3.05) is 0 Å². The average Bonchev–Trinajstić information content (AvgIpc) is 3.79. The second-order valence-electron chi connectivity index (χ2n) is 11.7. The van der Waals surface area contributed by atoms with Crippen LogP contribution >= 0.6 is 11.8 Å². The molecule has 5 heterocycles. The zero-order valence-corrected chi connectivity index (χ0v) is 23.6. The smallest absolute Gasteiger partial charge is 0.165 e. The van der Waals surface area contributed by atoms with E-state index in [0.717, 1.165) is 44.1 Å². The Balaban J connectivity index is 1.26. The summed E-state index contributed by atoms with van der Waals surface area (Å²) in [5, 5.41) is 6.50.